The number of aromatic nitrogens is 2. The summed E-state index contributed by atoms with van der Waals surface area (Å²) in [6.45, 7) is 1.38. The van der Waals surface area contributed by atoms with Crippen LogP contribution in [0.3, 0.4) is 0 Å². The Kier molecular flexibility index (Phi) is 5.12. The van der Waals surface area contributed by atoms with Crippen molar-refractivity contribution in [3.8, 4) is 17.0 Å². The molecule has 1 atom stereocenters. The number of carbonyl (C=O) groups excluding carboxylic acids is 1. The molecule has 7 heteroatoms. The standard InChI is InChI=1S/C21H19ClN4O2/c22-18-2-1-8-25-21(18)28-16-7-11-26(13-16)19-4-3-15(12-17(19)20(23)27)14-5-9-24-10-6-14/h1-6,8-10,12,16H,7,11,13H2,(H2,23,27)/t16-/m1/s1. The van der Waals surface area contributed by atoms with Crippen LogP contribution in [-0.2, 0) is 0 Å². The number of nitrogens with two attached hydrogens (primary N) is 1. The fourth-order valence-electron chi connectivity index (χ4n) is 3.39. The van der Waals surface area contributed by atoms with Gasteiger partial charge in [0.25, 0.3) is 5.91 Å². The summed E-state index contributed by atoms with van der Waals surface area (Å²) < 4.78 is 5.94. The number of ether oxygens (including phenoxy) is 1. The fourth-order valence-corrected chi connectivity index (χ4v) is 3.56. The zero-order valence-corrected chi connectivity index (χ0v) is 15.8. The van der Waals surface area contributed by atoms with Gasteiger partial charge in [0, 0.05) is 37.2 Å². The van der Waals surface area contributed by atoms with Crippen LogP contribution in [0.15, 0.2) is 61.1 Å². The second-order valence-electron chi connectivity index (χ2n) is 6.60. The predicted molar refractivity (Wildman–Crippen MR) is 109 cm³/mol. The lowest BCUT2D eigenvalue weighted by molar-refractivity contribution is 0.100. The number of anilines is 1. The number of hydrogen-bond acceptors (Lipinski definition) is 5. The highest BCUT2D eigenvalue weighted by Crippen LogP contribution is 2.31. The molecule has 0 aliphatic carbocycles. The lowest BCUT2D eigenvalue weighted by Crippen LogP contribution is -2.27. The minimum absolute atomic E-state index is 0.0620. The van der Waals surface area contributed by atoms with Crippen LogP contribution in [0.4, 0.5) is 5.69 Å². The Labute approximate surface area is 167 Å². The van der Waals surface area contributed by atoms with Gasteiger partial charge in [0.2, 0.25) is 5.88 Å². The minimum atomic E-state index is -0.456. The van der Waals surface area contributed by atoms with Crippen molar-refractivity contribution in [1.29, 1.82) is 0 Å². The third-order valence-corrected chi connectivity index (χ3v) is 5.05. The average molecular weight is 395 g/mol. The first-order valence-electron chi connectivity index (χ1n) is 8.98. The van der Waals surface area contributed by atoms with Gasteiger partial charge in [-0.1, -0.05) is 17.7 Å². The number of amides is 1. The first-order valence-corrected chi connectivity index (χ1v) is 9.36. The van der Waals surface area contributed by atoms with Crippen LogP contribution >= 0.6 is 11.6 Å². The molecule has 0 bridgehead atoms. The SMILES string of the molecule is NC(=O)c1cc(-c2ccncc2)ccc1N1CC[C@@H](Oc2ncccc2Cl)C1. The number of primary amides is 1. The molecule has 2 aromatic heterocycles. The highest BCUT2D eigenvalue weighted by atomic mass is 35.5. The van der Waals surface area contributed by atoms with Crippen molar-refractivity contribution in [1.82, 2.24) is 9.97 Å². The summed E-state index contributed by atoms with van der Waals surface area (Å²) in [5, 5.41) is 0.487. The molecule has 1 aliphatic heterocycles. The number of rotatable bonds is 5. The molecule has 0 spiro atoms. The molecule has 1 aromatic carbocycles. The van der Waals surface area contributed by atoms with Crippen molar-refractivity contribution < 1.29 is 9.53 Å². The maximum Gasteiger partial charge on any atom is 0.250 e. The summed E-state index contributed by atoms with van der Waals surface area (Å²) in [6, 6.07) is 13.1. The van der Waals surface area contributed by atoms with E-state index in [2.05, 4.69) is 14.9 Å². The Morgan fingerprint density at radius 2 is 1.96 bits per heavy atom. The lowest BCUT2D eigenvalue weighted by atomic mass is 10.0. The van der Waals surface area contributed by atoms with E-state index in [-0.39, 0.29) is 6.10 Å². The number of hydrogen-bond donors (Lipinski definition) is 1. The summed E-state index contributed by atoms with van der Waals surface area (Å²) in [4.78, 5) is 22.4. The number of halogens is 1. The van der Waals surface area contributed by atoms with E-state index in [1.165, 1.54) is 0 Å². The third-order valence-electron chi connectivity index (χ3n) is 4.76. The normalized spacial score (nSPS) is 16.2. The molecule has 1 amide bonds. The van der Waals surface area contributed by atoms with Crippen molar-refractivity contribution in [2.75, 3.05) is 18.0 Å². The van der Waals surface area contributed by atoms with Gasteiger partial charge < -0.3 is 15.4 Å². The van der Waals surface area contributed by atoms with Crippen LogP contribution in [0.1, 0.15) is 16.8 Å². The maximum atomic E-state index is 12.1. The monoisotopic (exact) mass is 394 g/mol. The number of carbonyl (C=O) groups is 1. The number of benzene rings is 1. The van der Waals surface area contributed by atoms with Gasteiger partial charge in [-0.05, 0) is 47.5 Å². The van der Waals surface area contributed by atoms with Crippen molar-refractivity contribution in [2.45, 2.75) is 12.5 Å². The summed E-state index contributed by atoms with van der Waals surface area (Å²) in [5.74, 6) is -0.0257. The van der Waals surface area contributed by atoms with E-state index in [1.54, 1.807) is 30.7 Å². The largest absolute Gasteiger partial charge is 0.471 e. The van der Waals surface area contributed by atoms with Gasteiger partial charge in [0.05, 0.1) is 12.1 Å². The maximum absolute atomic E-state index is 12.1. The van der Waals surface area contributed by atoms with Crippen LogP contribution in [-0.4, -0.2) is 35.1 Å². The zero-order valence-electron chi connectivity index (χ0n) is 15.1. The number of nitrogens with zero attached hydrogens (tertiary/aromatic N) is 3. The molecule has 1 aliphatic rings. The quantitative estimate of drug-likeness (QED) is 0.715. The Bertz CT molecular complexity index is 997. The van der Waals surface area contributed by atoms with Gasteiger partial charge >= 0.3 is 0 Å². The summed E-state index contributed by atoms with van der Waals surface area (Å²) >= 11 is 6.13. The highest BCUT2D eigenvalue weighted by molar-refractivity contribution is 6.31. The van der Waals surface area contributed by atoms with Crippen LogP contribution in [0.25, 0.3) is 11.1 Å². The van der Waals surface area contributed by atoms with E-state index in [1.807, 2.05) is 30.3 Å². The van der Waals surface area contributed by atoms with Gasteiger partial charge in [-0.3, -0.25) is 9.78 Å². The van der Waals surface area contributed by atoms with E-state index in [9.17, 15) is 4.79 Å². The van der Waals surface area contributed by atoms with Crippen LogP contribution in [0, 0.1) is 0 Å². The van der Waals surface area contributed by atoms with Crippen molar-refractivity contribution in [3.05, 3.63) is 71.6 Å². The summed E-state index contributed by atoms with van der Waals surface area (Å²) in [7, 11) is 0. The van der Waals surface area contributed by atoms with Crippen LogP contribution in [0.5, 0.6) is 5.88 Å². The lowest BCUT2D eigenvalue weighted by Gasteiger charge is -2.22. The van der Waals surface area contributed by atoms with Crippen molar-refractivity contribution in [2.24, 2.45) is 5.73 Å². The first-order chi connectivity index (χ1) is 13.6. The molecule has 0 saturated carbocycles. The van der Waals surface area contributed by atoms with Crippen molar-refractivity contribution in [3.63, 3.8) is 0 Å². The number of pyridine rings is 2. The van der Waals surface area contributed by atoms with E-state index >= 15 is 0 Å². The molecular weight excluding hydrogens is 376 g/mol. The van der Waals surface area contributed by atoms with Crippen molar-refractivity contribution >= 4 is 23.2 Å². The first kappa shape index (κ1) is 18.3. The zero-order chi connectivity index (χ0) is 19.5. The molecule has 1 saturated heterocycles. The van der Waals surface area contributed by atoms with Gasteiger partial charge in [-0.2, -0.15) is 0 Å². The molecule has 0 radical (unpaired) electrons. The molecule has 28 heavy (non-hydrogen) atoms. The second-order valence-corrected chi connectivity index (χ2v) is 7.00. The molecule has 6 nitrogen and oxygen atoms in total. The Balaban J connectivity index is 1.56. The molecular formula is C21H19ClN4O2. The molecule has 0 unspecified atom stereocenters. The van der Waals surface area contributed by atoms with E-state index < -0.39 is 5.91 Å². The predicted octanol–water partition coefficient (Wildman–Crippen LogP) is 3.55. The minimum Gasteiger partial charge on any atom is -0.471 e. The van der Waals surface area contributed by atoms with Gasteiger partial charge in [-0.25, -0.2) is 4.98 Å². The summed E-state index contributed by atoms with van der Waals surface area (Å²) in [5.41, 5.74) is 8.88. The molecule has 4 rings (SSSR count). The van der Waals surface area contributed by atoms with Crippen LogP contribution < -0.4 is 15.4 Å². The van der Waals surface area contributed by atoms with Gasteiger partial charge in [0.1, 0.15) is 11.1 Å². The Hall–Kier alpha value is -3.12. The molecule has 2 N–H and O–H groups in total. The molecule has 3 heterocycles. The van der Waals surface area contributed by atoms with Gasteiger partial charge in [-0.15, -0.1) is 0 Å². The fraction of sp³-hybridized carbons (Fsp3) is 0.190. The van der Waals surface area contributed by atoms with E-state index in [0.29, 0.717) is 23.0 Å². The molecule has 3 aromatic rings. The Morgan fingerprint density at radius 1 is 1.14 bits per heavy atom. The molecule has 1 fully saturated rings. The van der Waals surface area contributed by atoms with Gasteiger partial charge in [0.15, 0.2) is 0 Å². The van der Waals surface area contributed by atoms with E-state index in [0.717, 1.165) is 29.8 Å². The third kappa shape index (κ3) is 3.77. The topological polar surface area (TPSA) is 81.3 Å². The molecule has 142 valence electrons. The smallest absolute Gasteiger partial charge is 0.250 e. The van der Waals surface area contributed by atoms with Crippen LogP contribution in [0.2, 0.25) is 5.02 Å². The summed E-state index contributed by atoms with van der Waals surface area (Å²) in [6.07, 6.45) is 5.83. The Morgan fingerprint density at radius 3 is 2.71 bits per heavy atom. The van der Waals surface area contributed by atoms with E-state index in [4.69, 9.17) is 22.1 Å². The average Bonchev–Trinajstić information content (AvgIpc) is 3.18. The second kappa shape index (κ2) is 7.86. The highest BCUT2D eigenvalue weighted by Gasteiger charge is 2.27.